The molecular weight excluding hydrogens is 260 g/mol. The molecule has 3 rings (SSSR count). The summed E-state index contributed by atoms with van der Waals surface area (Å²) in [6.45, 7) is 7.45. The van der Waals surface area contributed by atoms with E-state index in [-0.39, 0.29) is 5.91 Å². The second-order valence-electron chi connectivity index (χ2n) is 5.49. The van der Waals surface area contributed by atoms with E-state index >= 15 is 0 Å². The number of aryl methyl sites for hydroxylation is 1. The van der Waals surface area contributed by atoms with E-state index in [1.54, 1.807) is 6.92 Å². The molecule has 0 saturated carbocycles. The zero-order valence-corrected chi connectivity index (χ0v) is 13.6. The fourth-order valence-corrected chi connectivity index (χ4v) is 3.20. The smallest absolute Gasteiger partial charge is 0.219 e. The van der Waals surface area contributed by atoms with Crippen LogP contribution < -0.4 is 0 Å². The van der Waals surface area contributed by atoms with Crippen LogP contribution in [0.1, 0.15) is 45.1 Å². The van der Waals surface area contributed by atoms with E-state index in [4.69, 9.17) is 0 Å². The topological polar surface area (TPSA) is 25.2 Å². The van der Waals surface area contributed by atoms with Gasteiger partial charge in [0.25, 0.3) is 0 Å². The molecule has 0 N–H and O–H groups in total. The van der Waals surface area contributed by atoms with E-state index in [2.05, 4.69) is 42.1 Å². The van der Waals surface area contributed by atoms with Crippen LogP contribution in [0.15, 0.2) is 30.5 Å². The summed E-state index contributed by atoms with van der Waals surface area (Å²) in [5.74, 6) is 0.790. The highest BCUT2D eigenvalue weighted by Crippen LogP contribution is 2.33. The largest absolute Gasteiger partial charge is 0.350 e. The molecular formula is C18H26N2O. The van der Waals surface area contributed by atoms with Gasteiger partial charge in [0, 0.05) is 44.2 Å². The Labute approximate surface area is 127 Å². The summed E-state index contributed by atoms with van der Waals surface area (Å²) in [6, 6.07) is 8.58. The Morgan fingerprint density at radius 1 is 1.14 bits per heavy atom. The fraction of sp³-hybridized carbons (Fsp3) is 0.500. The molecule has 0 unspecified atom stereocenters. The molecule has 2 aromatic rings. The molecule has 0 radical (unpaired) electrons. The number of fused-ring (bicyclic) bond motifs is 1. The van der Waals surface area contributed by atoms with Crippen molar-refractivity contribution in [2.75, 3.05) is 13.1 Å². The molecule has 1 aliphatic heterocycles. The van der Waals surface area contributed by atoms with Crippen LogP contribution in [0, 0.1) is 0 Å². The van der Waals surface area contributed by atoms with Gasteiger partial charge in [0.1, 0.15) is 0 Å². The molecule has 0 bridgehead atoms. The maximum Gasteiger partial charge on any atom is 0.219 e. The van der Waals surface area contributed by atoms with Crippen LogP contribution in [0.2, 0.25) is 0 Å². The number of likely N-dealkylation sites (tertiary alicyclic amines) is 1. The standard InChI is InChI=1S/C16H20N2O.C2H6/c1-12(19)18-9-7-13(8-10-18)15-11-17(2)16-6-4-3-5-14(15)16;1-2/h3-6,11,13H,7-10H2,1-2H3;1-2H3. The van der Waals surface area contributed by atoms with Gasteiger partial charge in [-0.25, -0.2) is 0 Å². The van der Waals surface area contributed by atoms with Crippen molar-refractivity contribution in [3.8, 4) is 0 Å². The Kier molecular flexibility index (Phi) is 5.05. The molecule has 1 aromatic heterocycles. The number of hydrogen-bond donors (Lipinski definition) is 0. The molecule has 3 nitrogen and oxygen atoms in total. The summed E-state index contributed by atoms with van der Waals surface area (Å²) < 4.78 is 2.21. The Morgan fingerprint density at radius 2 is 1.76 bits per heavy atom. The van der Waals surface area contributed by atoms with Crippen LogP contribution in [0.5, 0.6) is 0 Å². The number of nitrogens with zero attached hydrogens (tertiary/aromatic N) is 2. The van der Waals surface area contributed by atoms with Gasteiger partial charge in [0.05, 0.1) is 0 Å². The minimum atomic E-state index is 0.205. The van der Waals surface area contributed by atoms with E-state index in [9.17, 15) is 4.79 Å². The number of amides is 1. The molecule has 1 aromatic carbocycles. The second kappa shape index (κ2) is 6.79. The third-order valence-corrected chi connectivity index (χ3v) is 4.31. The van der Waals surface area contributed by atoms with Crippen molar-refractivity contribution in [1.82, 2.24) is 9.47 Å². The van der Waals surface area contributed by atoms with Gasteiger partial charge in [0.2, 0.25) is 5.91 Å². The molecule has 1 amide bonds. The van der Waals surface area contributed by atoms with Crippen LogP contribution in [-0.4, -0.2) is 28.5 Å². The van der Waals surface area contributed by atoms with Crippen LogP contribution in [0.4, 0.5) is 0 Å². The lowest BCUT2D eigenvalue weighted by atomic mass is 9.89. The Morgan fingerprint density at radius 3 is 2.38 bits per heavy atom. The number of carbonyl (C=O) groups excluding carboxylic acids is 1. The molecule has 1 saturated heterocycles. The first kappa shape index (κ1) is 15.6. The van der Waals surface area contributed by atoms with Gasteiger partial charge in [-0.2, -0.15) is 0 Å². The van der Waals surface area contributed by atoms with Gasteiger partial charge in [-0.15, -0.1) is 0 Å². The summed E-state index contributed by atoms with van der Waals surface area (Å²) in [6.07, 6.45) is 4.42. The Bertz CT molecular complexity index is 607. The third-order valence-electron chi connectivity index (χ3n) is 4.31. The zero-order chi connectivity index (χ0) is 15.4. The maximum atomic E-state index is 11.4. The molecule has 0 atom stereocenters. The summed E-state index contributed by atoms with van der Waals surface area (Å²) in [5.41, 5.74) is 2.74. The highest BCUT2D eigenvalue weighted by Gasteiger charge is 2.24. The van der Waals surface area contributed by atoms with Crippen molar-refractivity contribution < 1.29 is 4.79 Å². The molecule has 1 fully saturated rings. The van der Waals surface area contributed by atoms with Crippen molar-refractivity contribution in [3.63, 3.8) is 0 Å². The minimum Gasteiger partial charge on any atom is -0.350 e. The molecule has 0 aliphatic carbocycles. The number of aromatic nitrogens is 1. The molecule has 1 aliphatic rings. The molecule has 0 spiro atoms. The minimum absolute atomic E-state index is 0.205. The Balaban J connectivity index is 0.000000774. The normalized spacial score (nSPS) is 15.7. The van der Waals surface area contributed by atoms with Crippen LogP contribution >= 0.6 is 0 Å². The van der Waals surface area contributed by atoms with Gasteiger partial charge in [-0.05, 0) is 30.4 Å². The van der Waals surface area contributed by atoms with E-state index in [1.165, 1.54) is 16.5 Å². The summed E-state index contributed by atoms with van der Waals surface area (Å²) in [4.78, 5) is 13.3. The van der Waals surface area contributed by atoms with Crippen molar-refractivity contribution in [2.24, 2.45) is 7.05 Å². The highest BCUT2D eigenvalue weighted by molar-refractivity contribution is 5.84. The lowest BCUT2D eigenvalue weighted by Gasteiger charge is -2.31. The third kappa shape index (κ3) is 3.12. The van der Waals surface area contributed by atoms with E-state index < -0.39 is 0 Å². The van der Waals surface area contributed by atoms with Gasteiger partial charge in [0.15, 0.2) is 0 Å². The highest BCUT2D eigenvalue weighted by atomic mass is 16.2. The van der Waals surface area contributed by atoms with Crippen molar-refractivity contribution in [2.45, 2.75) is 39.5 Å². The molecule has 3 heteroatoms. The first-order valence-corrected chi connectivity index (χ1v) is 7.96. The number of carbonyl (C=O) groups is 1. The second-order valence-corrected chi connectivity index (χ2v) is 5.49. The number of para-hydroxylation sites is 1. The predicted octanol–water partition coefficient (Wildman–Crippen LogP) is 3.93. The first-order chi connectivity index (χ1) is 10.2. The maximum absolute atomic E-state index is 11.4. The molecule has 114 valence electrons. The van der Waals surface area contributed by atoms with Crippen LogP contribution in [-0.2, 0) is 11.8 Å². The number of piperidine rings is 1. The average Bonchev–Trinajstić information content (AvgIpc) is 2.87. The lowest BCUT2D eigenvalue weighted by Crippen LogP contribution is -2.36. The predicted molar refractivity (Wildman–Crippen MR) is 88.5 cm³/mol. The fourth-order valence-electron chi connectivity index (χ4n) is 3.20. The number of rotatable bonds is 1. The summed E-state index contributed by atoms with van der Waals surface area (Å²) in [7, 11) is 2.11. The number of benzene rings is 1. The van der Waals surface area contributed by atoms with E-state index in [0.717, 1.165) is 25.9 Å². The Hall–Kier alpha value is -1.77. The monoisotopic (exact) mass is 286 g/mol. The van der Waals surface area contributed by atoms with Crippen LogP contribution in [0.25, 0.3) is 10.9 Å². The van der Waals surface area contributed by atoms with E-state index in [1.807, 2.05) is 18.7 Å². The zero-order valence-electron chi connectivity index (χ0n) is 13.6. The van der Waals surface area contributed by atoms with Gasteiger partial charge in [-0.1, -0.05) is 32.0 Å². The summed E-state index contributed by atoms with van der Waals surface area (Å²) >= 11 is 0. The van der Waals surface area contributed by atoms with Gasteiger partial charge in [-0.3, -0.25) is 4.79 Å². The first-order valence-electron chi connectivity index (χ1n) is 7.96. The van der Waals surface area contributed by atoms with Crippen molar-refractivity contribution in [1.29, 1.82) is 0 Å². The van der Waals surface area contributed by atoms with Crippen molar-refractivity contribution >= 4 is 16.8 Å². The SMILES string of the molecule is CC.CC(=O)N1CCC(c2cn(C)c3ccccc23)CC1. The lowest BCUT2D eigenvalue weighted by molar-refractivity contribution is -0.129. The quantitative estimate of drug-likeness (QED) is 0.779. The molecule has 21 heavy (non-hydrogen) atoms. The average molecular weight is 286 g/mol. The number of hydrogen-bond acceptors (Lipinski definition) is 1. The van der Waals surface area contributed by atoms with Crippen LogP contribution in [0.3, 0.4) is 0 Å². The summed E-state index contributed by atoms with van der Waals surface area (Å²) in [5, 5.41) is 1.37. The molecule has 2 heterocycles. The van der Waals surface area contributed by atoms with Gasteiger partial charge < -0.3 is 9.47 Å². The van der Waals surface area contributed by atoms with Gasteiger partial charge >= 0.3 is 0 Å². The van der Waals surface area contributed by atoms with Crippen molar-refractivity contribution in [3.05, 3.63) is 36.0 Å². The van der Waals surface area contributed by atoms with E-state index in [0.29, 0.717) is 5.92 Å².